The van der Waals surface area contributed by atoms with Gasteiger partial charge < -0.3 is 14.7 Å². The van der Waals surface area contributed by atoms with Gasteiger partial charge in [-0.3, -0.25) is 14.5 Å². The van der Waals surface area contributed by atoms with E-state index in [9.17, 15) is 19.5 Å². The molecule has 3 rings (SSSR count). The molecule has 1 aliphatic carbocycles. The Labute approximate surface area is 212 Å². The zero-order chi connectivity index (χ0) is 25.8. The summed E-state index contributed by atoms with van der Waals surface area (Å²) in [6, 6.07) is 0.918. The van der Waals surface area contributed by atoms with Crippen LogP contribution in [-0.2, 0) is 14.3 Å². The van der Waals surface area contributed by atoms with E-state index in [4.69, 9.17) is 4.74 Å². The van der Waals surface area contributed by atoms with E-state index in [1.165, 1.54) is 4.90 Å². The van der Waals surface area contributed by atoms with Gasteiger partial charge in [-0.1, -0.05) is 25.7 Å². The van der Waals surface area contributed by atoms with E-state index >= 15 is 0 Å². The van der Waals surface area contributed by atoms with Crippen molar-refractivity contribution in [1.82, 2.24) is 4.90 Å². The van der Waals surface area contributed by atoms with Crippen molar-refractivity contribution in [3.63, 3.8) is 0 Å². The molecule has 2 fully saturated rings. The number of morpholine rings is 1. The van der Waals surface area contributed by atoms with Crippen LogP contribution < -0.4 is 4.90 Å². The van der Waals surface area contributed by atoms with Crippen LogP contribution in [0.15, 0.2) is 6.07 Å². The molecular formula is C27H38N2O5S. The van der Waals surface area contributed by atoms with Crippen LogP contribution in [0.1, 0.15) is 81.3 Å². The molecular weight excluding hydrogens is 464 g/mol. The Morgan fingerprint density at radius 2 is 1.83 bits per heavy atom. The summed E-state index contributed by atoms with van der Waals surface area (Å²) in [6.07, 6.45) is 3.80. The molecule has 7 nitrogen and oxygen atoms in total. The molecule has 1 saturated heterocycles. The molecule has 1 N–H and O–H groups in total. The Morgan fingerprint density at radius 3 is 2.37 bits per heavy atom. The number of carbonyl (C=O) groups is 3. The summed E-state index contributed by atoms with van der Waals surface area (Å²) < 4.78 is 5.40. The molecule has 2 aliphatic rings. The van der Waals surface area contributed by atoms with Gasteiger partial charge in [0.2, 0.25) is 11.8 Å². The van der Waals surface area contributed by atoms with Crippen molar-refractivity contribution in [3.05, 3.63) is 15.8 Å². The van der Waals surface area contributed by atoms with E-state index in [2.05, 4.69) is 18.8 Å². The molecule has 1 aromatic rings. The molecule has 0 spiro atoms. The predicted molar refractivity (Wildman–Crippen MR) is 138 cm³/mol. The van der Waals surface area contributed by atoms with E-state index in [0.717, 1.165) is 37.0 Å². The first kappa shape index (κ1) is 27.2. The SMILES string of the molecule is CC[C@@H](C(=O)N1CCOCC1)N(C(=O)C1CCC(C)CC1)c1cc(C#CC(C)(C)C)sc1C(=O)O. The second kappa shape index (κ2) is 11.6. The normalized spacial score (nSPS) is 21.6. The maximum Gasteiger partial charge on any atom is 0.348 e. The molecule has 2 amide bonds. The van der Waals surface area contributed by atoms with Crippen molar-refractivity contribution >= 4 is 34.8 Å². The van der Waals surface area contributed by atoms with Gasteiger partial charge in [0.05, 0.1) is 23.8 Å². The molecule has 1 saturated carbocycles. The molecule has 8 heteroatoms. The minimum Gasteiger partial charge on any atom is -0.477 e. The number of carboxylic acids is 1. The van der Waals surface area contributed by atoms with E-state index < -0.39 is 12.0 Å². The van der Waals surface area contributed by atoms with Gasteiger partial charge in [-0.15, -0.1) is 11.3 Å². The van der Waals surface area contributed by atoms with Crippen LogP contribution in [0, 0.1) is 29.1 Å². The van der Waals surface area contributed by atoms with Crippen molar-refractivity contribution in [2.75, 3.05) is 31.2 Å². The summed E-state index contributed by atoms with van der Waals surface area (Å²) >= 11 is 1.06. The van der Waals surface area contributed by atoms with Crippen molar-refractivity contribution in [2.24, 2.45) is 17.3 Å². The zero-order valence-corrected chi connectivity index (χ0v) is 22.4. The Morgan fingerprint density at radius 1 is 1.20 bits per heavy atom. The Balaban J connectivity index is 2.07. The second-order valence-electron chi connectivity index (χ2n) is 10.7. The van der Waals surface area contributed by atoms with Gasteiger partial charge in [-0.05, 0) is 64.9 Å². The monoisotopic (exact) mass is 502 g/mol. The van der Waals surface area contributed by atoms with Crippen molar-refractivity contribution in [3.8, 4) is 11.8 Å². The standard InChI is InChI=1S/C27H38N2O5S/c1-6-21(25(31)28-13-15-34-16-14-28)29(24(30)19-9-7-18(2)8-10-19)22-17-20(11-12-27(3,4)5)35-23(22)26(32)33/h17-19,21H,6-10,13-16H2,1-5H3,(H,32,33)/t18?,19?,21-/m0/s1. The van der Waals surface area contributed by atoms with E-state index in [1.54, 1.807) is 11.0 Å². The number of hydrogen-bond donors (Lipinski definition) is 1. The molecule has 2 heterocycles. The number of anilines is 1. The lowest BCUT2D eigenvalue weighted by Crippen LogP contribution is -2.55. The summed E-state index contributed by atoms with van der Waals surface area (Å²) in [4.78, 5) is 43.8. The fourth-order valence-electron chi connectivity index (χ4n) is 4.63. The third-order valence-electron chi connectivity index (χ3n) is 6.64. The summed E-state index contributed by atoms with van der Waals surface area (Å²) in [6.45, 7) is 11.9. The lowest BCUT2D eigenvalue weighted by atomic mass is 9.82. The molecule has 0 radical (unpaired) electrons. The van der Waals surface area contributed by atoms with Gasteiger partial charge >= 0.3 is 5.97 Å². The average molecular weight is 503 g/mol. The number of thiophene rings is 1. The van der Waals surface area contributed by atoms with E-state index in [1.807, 2.05) is 27.7 Å². The number of carboxylic acid groups (broad SMARTS) is 1. The number of carbonyl (C=O) groups excluding carboxylic acids is 2. The number of amides is 2. The first-order chi connectivity index (χ1) is 16.5. The molecule has 35 heavy (non-hydrogen) atoms. The minimum atomic E-state index is -1.11. The van der Waals surface area contributed by atoms with Crippen LogP contribution in [0.4, 0.5) is 5.69 Å². The van der Waals surface area contributed by atoms with Gasteiger partial charge in [-0.25, -0.2) is 4.79 Å². The average Bonchev–Trinajstić information content (AvgIpc) is 3.25. The first-order valence-corrected chi connectivity index (χ1v) is 13.4. The van der Waals surface area contributed by atoms with Crippen molar-refractivity contribution in [1.29, 1.82) is 0 Å². The van der Waals surface area contributed by atoms with Crippen LogP contribution in [0.5, 0.6) is 0 Å². The minimum absolute atomic E-state index is 0.0500. The Bertz CT molecular complexity index is 985. The summed E-state index contributed by atoms with van der Waals surface area (Å²) in [5.74, 6) is 5.16. The van der Waals surface area contributed by atoms with Crippen LogP contribution >= 0.6 is 11.3 Å². The third-order valence-corrected chi connectivity index (χ3v) is 7.66. The topological polar surface area (TPSA) is 87.2 Å². The van der Waals surface area contributed by atoms with Gasteiger partial charge in [-0.2, -0.15) is 0 Å². The molecule has 1 aromatic heterocycles. The van der Waals surface area contributed by atoms with Crippen LogP contribution in [0.25, 0.3) is 0 Å². The van der Waals surface area contributed by atoms with Crippen molar-refractivity contribution in [2.45, 2.75) is 72.8 Å². The van der Waals surface area contributed by atoms with Crippen LogP contribution in [0.3, 0.4) is 0 Å². The molecule has 1 atom stereocenters. The number of hydrogen-bond acceptors (Lipinski definition) is 5. The van der Waals surface area contributed by atoms with Gasteiger partial charge in [0.1, 0.15) is 10.9 Å². The largest absolute Gasteiger partial charge is 0.477 e. The van der Waals surface area contributed by atoms with Crippen LogP contribution in [-0.4, -0.2) is 60.1 Å². The number of ether oxygens (including phenoxy) is 1. The molecule has 0 aromatic carbocycles. The highest BCUT2D eigenvalue weighted by Crippen LogP contribution is 2.37. The molecule has 0 bridgehead atoms. The highest BCUT2D eigenvalue weighted by molar-refractivity contribution is 7.15. The van der Waals surface area contributed by atoms with Crippen molar-refractivity contribution < 1.29 is 24.2 Å². The maximum absolute atomic E-state index is 14.0. The summed E-state index contributed by atoms with van der Waals surface area (Å²) in [7, 11) is 0. The predicted octanol–water partition coefficient (Wildman–Crippen LogP) is 4.64. The fourth-order valence-corrected chi connectivity index (χ4v) is 5.47. The van der Waals surface area contributed by atoms with Gasteiger partial charge in [0, 0.05) is 24.4 Å². The molecule has 192 valence electrons. The smallest absolute Gasteiger partial charge is 0.348 e. The zero-order valence-electron chi connectivity index (χ0n) is 21.6. The quantitative estimate of drug-likeness (QED) is 0.573. The van der Waals surface area contributed by atoms with Crippen LogP contribution in [0.2, 0.25) is 0 Å². The second-order valence-corrected chi connectivity index (χ2v) is 11.7. The highest BCUT2D eigenvalue weighted by Gasteiger charge is 2.39. The third kappa shape index (κ3) is 6.86. The number of aromatic carboxylic acids is 1. The summed E-state index contributed by atoms with van der Waals surface area (Å²) in [5, 5.41) is 10.0. The summed E-state index contributed by atoms with van der Waals surface area (Å²) in [5.41, 5.74) is 0.0397. The Kier molecular flexibility index (Phi) is 9.00. The van der Waals surface area contributed by atoms with E-state index in [-0.39, 0.29) is 33.7 Å². The fraction of sp³-hybridized carbons (Fsp3) is 0.667. The highest BCUT2D eigenvalue weighted by atomic mass is 32.1. The van der Waals surface area contributed by atoms with Gasteiger partial charge in [0.15, 0.2) is 0 Å². The molecule has 1 aliphatic heterocycles. The number of rotatable bonds is 6. The molecule has 0 unspecified atom stereocenters. The van der Waals surface area contributed by atoms with Gasteiger partial charge in [0.25, 0.3) is 0 Å². The Hall–Kier alpha value is -2.37. The van der Waals surface area contributed by atoms with E-state index in [0.29, 0.717) is 43.5 Å². The number of nitrogens with zero attached hydrogens (tertiary/aromatic N) is 2. The first-order valence-electron chi connectivity index (χ1n) is 12.6. The lowest BCUT2D eigenvalue weighted by Gasteiger charge is -2.38. The maximum atomic E-state index is 14.0. The lowest BCUT2D eigenvalue weighted by molar-refractivity contribution is -0.139.